The molecule has 0 radical (unpaired) electrons. The van der Waals surface area contributed by atoms with Crippen molar-refractivity contribution in [2.75, 3.05) is 102 Å². The van der Waals surface area contributed by atoms with Gasteiger partial charge in [-0.2, -0.15) is 26.3 Å². The van der Waals surface area contributed by atoms with Crippen LogP contribution in [-0.2, 0) is 62.3 Å². The summed E-state index contributed by atoms with van der Waals surface area (Å²) in [6, 6.07) is 0. The number of carbonyl (C=O) groups excluding carboxylic acids is 12. The average molecular weight is 1710 g/mol. The van der Waals surface area contributed by atoms with Crippen LogP contribution in [0, 0.1) is 101 Å². The molecule has 117 heavy (non-hydrogen) atoms. The van der Waals surface area contributed by atoms with Gasteiger partial charge >= 0.3 is 12.4 Å². The van der Waals surface area contributed by atoms with Gasteiger partial charge in [0, 0.05) is 177 Å². The fourth-order valence-corrected chi connectivity index (χ4v) is 7.78. The van der Waals surface area contributed by atoms with E-state index in [4.69, 9.17) is 31.3 Å². The summed E-state index contributed by atoms with van der Waals surface area (Å²) in [6.07, 6.45) is -0.0773. The minimum atomic E-state index is -4.40. The van der Waals surface area contributed by atoms with E-state index in [2.05, 4.69) is 11.7 Å². The highest BCUT2D eigenvalue weighted by molar-refractivity contribution is 5.84. The molecule has 0 aliphatic heterocycles. The highest BCUT2D eigenvalue weighted by Crippen LogP contribution is 2.38. The molecular weight excluding hydrogens is 1530 g/mol. The maximum atomic E-state index is 12.3. The Balaban J connectivity index is -0.000000117. The van der Waals surface area contributed by atoms with Crippen LogP contribution in [-0.4, -0.2) is 224 Å². The van der Waals surface area contributed by atoms with Crippen molar-refractivity contribution in [3.63, 3.8) is 0 Å². The predicted octanol–water partition coefficient (Wildman–Crippen LogP) is 16.1. The van der Waals surface area contributed by atoms with Gasteiger partial charge in [-0.15, -0.1) is 0 Å². The number of rotatable bonds is 41. The summed E-state index contributed by atoms with van der Waals surface area (Å²) in [5.74, 6) is 1.63. The monoisotopic (exact) mass is 1710 g/mol. The second-order valence-corrected chi connectivity index (χ2v) is 33.6. The first-order valence-electron chi connectivity index (χ1n) is 41.7. The van der Waals surface area contributed by atoms with Gasteiger partial charge in [0.05, 0.1) is 19.1 Å². The number of aliphatic hydroxyl groups is 5. The third-order valence-corrected chi connectivity index (χ3v) is 16.8. The van der Waals surface area contributed by atoms with Crippen molar-refractivity contribution in [3.05, 3.63) is 0 Å². The van der Waals surface area contributed by atoms with Crippen LogP contribution in [0.3, 0.4) is 0 Å². The summed E-state index contributed by atoms with van der Waals surface area (Å²) in [6.45, 7) is 49.3. The number of hydrogen-bond donors (Lipinski definition) is 6. The lowest BCUT2D eigenvalue weighted by Gasteiger charge is -2.20. The van der Waals surface area contributed by atoms with Crippen LogP contribution in [0.4, 0.5) is 30.7 Å². The van der Waals surface area contributed by atoms with E-state index in [1.54, 1.807) is 60.5 Å². The largest absolute Gasteiger partial charge is 0.406 e. The fourth-order valence-electron chi connectivity index (χ4n) is 7.78. The molecule has 700 valence electrons. The number of nitrogens with two attached hydrogens (primary N) is 1. The number of primary amides is 1. The first-order chi connectivity index (χ1) is 53.3. The molecule has 1 aliphatic carbocycles. The van der Waals surface area contributed by atoms with Crippen molar-refractivity contribution in [3.8, 4) is 0 Å². The van der Waals surface area contributed by atoms with Gasteiger partial charge in [0.15, 0.2) is 5.78 Å². The maximum absolute atomic E-state index is 12.3. The molecule has 1 aliphatic rings. The molecule has 0 aromatic heterocycles. The number of likely N-dealkylation sites (N-methyl/N-ethyl adjacent to an activating group) is 1. The highest BCUT2D eigenvalue weighted by atomic mass is 19.4. The van der Waals surface area contributed by atoms with Gasteiger partial charge in [0.2, 0.25) is 17.7 Å². The van der Waals surface area contributed by atoms with E-state index in [1.165, 1.54) is 20.0 Å². The second-order valence-electron chi connectivity index (χ2n) is 33.6. The molecule has 2 unspecified atom stereocenters. The molecule has 7 N–H and O–H groups in total. The zero-order valence-corrected chi connectivity index (χ0v) is 78.9. The van der Waals surface area contributed by atoms with Gasteiger partial charge in [0.1, 0.15) is 59.4 Å². The van der Waals surface area contributed by atoms with E-state index in [0.717, 1.165) is 38.6 Å². The summed E-state index contributed by atoms with van der Waals surface area (Å²) >= 11 is 0. The molecule has 29 heteroatoms. The standard InChI is InChI=1S/C10H18O.C9H15F3O2.C9H18O2.2C8H16O2.C7H12F3NO.C7H13FO.C7H15NO.C7H14O2.C6H13NO.C6H12O2.C4H9NO/c1-7(2)10(11)6-8(3)9-4-5-9;1-6(2)8(14)5-7(3-4-13)9(10,11)12;1-4-8(6-10)5-9(11)7(2)3;1-6(2)8(10)4-7(3)5-9;1-7(2)8(10)5-3-4-6-9;1-5(2)6(12)11(3)4-7(8,9)10;1-6(2)7(9)4-3-5-8;1-6(2)7(9)5-8(3)4;1-6(2)7(9)4-3-5-8;1-5(2)6(8)7(3)4;1-5(2)6(7)4-8-3;1-3(2)4(5)6/h7-9H,4-6H2,1-3H3;6-7,13H,3-5H2,1-2H3;7-8,10H,4-6H2,1-3H3;6-7,9H,4-5H2,1-3H3;7,9H,3-6H2,1-2H3;5H,4H2,1-3H3;6H,3-5H2,1-2H3;6H,5H2,1-4H3;6,8H,3-5H2,1-2H3;5H,1-4H3;5H,4H2,1-3H3;3H,1-2H3,(H2,5,6)/t;;8-;7-;;;;;;;;/m..11......../s1. The third kappa shape index (κ3) is 101. The van der Waals surface area contributed by atoms with Crippen molar-refractivity contribution in [2.24, 2.45) is 106 Å². The van der Waals surface area contributed by atoms with Gasteiger partial charge in [0.25, 0.3) is 0 Å². The van der Waals surface area contributed by atoms with Crippen LogP contribution >= 0.6 is 0 Å². The summed E-state index contributed by atoms with van der Waals surface area (Å²) in [7, 11) is 10.0. The van der Waals surface area contributed by atoms with Crippen molar-refractivity contribution in [1.82, 2.24) is 14.7 Å². The average Bonchev–Trinajstić information content (AvgIpc) is 1.76. The van der Waals surface area contributed by atoms with Gasteiger partial charge in [-0.05, 0) is 82.7 Å². The number of halogens is 7. The molecule has 4 atom stereocenters. The van der Waals surface area contributed by atoms with E-state index < -0.39 is 67.8 Å². The number of methoxy groups -OCH3 is 1. The molecule has 0 aromatic rings. The number of amides is 3. The molecule has 3 amide bonds. The number of ether oxygens (including phenoxy) is 1. The Morgan fingerprint density at radius 1 is 0.419 bits per heavy atom. The predicted molar refractivity (Wildman–Crippen MR) is 456 cm³/mol. The highest BCUT2D eigenvalue weighted by Gasteiger charge is 2.40. The van der Waals surface area contributed by atoms with Crippen LogP contribution in [0.15, 0.2) is 0 Å². The van der Waals surface area contributed by atoms with E-state index in [9.17, 15) is 88.3 Å². The van der Waals surface area contributed by atoms with E-state index >= 15 is 0 Å². The van der Waals surface area contributed by atoms with Crippen LogP contribution in [0.5, 0.6) is 0 Å². The Hall–Kier alpha value is -5.33. The summed E-state index contributed by atoms with van der Waals surface area (Å²) in [4.78, 5) is 134. The van der Waals surface area contributed by atoms with Crippen LogP contribution in [0.25, 0.3) is 0 Å². The number of unbranched alkanes of at least 4 members (excludes halogenated alkanes) is 1. The fraction of sp³-hybridized carbons (Fsp3) is 0.864. The Morgan fingerprint density at radius 2 is 0.761 bits per heavy atom. The lowest BCUT2D eigenvalue weighted by atomic mass is 9.94. The van der Waals surface area contributed by atoms with Crippen molar-refractivity contribution < 1.29 is 119 Å². The van der Waals surface area contributed by atoms with Crippen molar-refractivity contribution in [1.29, 1.82) is 0 Å². The first-order valence-corrected chi connectivity index (χ1v) is 41.7. The molecule has 0 heterocycles. The second kappa shape index (κ2) is 81.7. The number of carbonyl (C=O) groups is 12. The molecule has 22 nitrogen and oxygen atoms in total. The van der Waals surface area contributed by atoms with E-state index in [-0.39, 0.29) is 151 Å². The van der Waals surface area contributed by atoms with Crippen LogP contribution < -0.4 is 5.73 Å². The normalized spacial score (nSPS) is 12.4. The van der Waals surface area contributed by atoms with Crippen molar-refractivity contribution >= 4 is 69.8 Å². The van der Waals surface area contributed by atoms with Gasteiger partial charge in [-0.1, -0.05) is 193 Å². The molecule has 0 spiro atoms. The number of hydrogen-bond acceptors (Lipinski definition) is 19. The molecular formula is C88H171F7N4O18. The quantitative estimate of drug-likeness (QED) is 0.0245. The molecule has 1 saturated carbocycles. The van der Waals surface area contributed by atoms with E-state index in [0.29, 0.717) is 79.7 Å². The smallest absolute Gasteiger partial charge is 0.396 e. The Kier molecular flexibility index (Phi) is 94.2. The van der Waals surface area contributed by atoms with Crippen LogP contribution in [0.1, 0.15) is 283 Å². The number of ketones is 9. The van der Waals surface area contributed by atoms with Gasteiger partial charge < -0.3 is 50.7 Å². The summed E-state index contributed by atoms with van der Waals surface area (Å²) < 4.78 is 88.1. The minimum absolute atomic E-state index is 0.00926. The lowest BCUT2D eigenvalue weighted by Crippen LogP contribution is -2.38. The van der Waals surface area contributed by atoms with Gasteiger partial charge in [-0.25, -0.2) is 0 Å². The van der Waals surface area contributed by atoms with Crippen molar-refractivity contribution in [2.45, 2.75) is 296 Å². The number of alkyl halides is 7. The zero-order valence-electron chi connectivity index (χ0n) is 78.9. The first kappa shape index (κ1) is 135. The van der Waals surface area contributed by atoms with Crippen LogP contribution in [0.2, 0.25) is 0 Å². The maximum Gasteiger partial charge on any atom is 0.406 e. The molecule has 1 rings (SSSR count). The van der Waals surface area contributed by atoms with Gasteiger partial charge in [-0.3, -0.25) is 61.9 Å². The Bertz CT molecular complexity index is 2480. The number of Topliss-reactive ketones (excluding diaryl/α,β-unsaturated/α-hetero) is 9. The molecule has 0 bridgehead atoms. The topological polar surface area (TPSA) is 351 Å². The molecule has 1 fully saturated rings. The Morgan fingerprint density at radius 3 is 0.991 bits per heavy atom. The molecule has 0 aromatic carbocycles. The third-order valence-electron chi connectivity index (χ3n) is 16.8. The SMILES string of the molecule is CC(C)C(=O)CC(C)C1CC1.CC(C)C(=O)CC(CCO)C(F)(F)F.CC(C)C(=O)CCCCO.CC(C)C(=O)CCCF.CC(C)C(=O)CCCO.CC(C)C(=O)CN(C)C.CC(C)C(=O)C[C@@H](C)CO.CC(C)C(=O)N(C)C.CC(C)C(=O)N(C)CC(F)(F)F.CC(C)C(N)=O.CC[C@@H](CO)CC(=O)C(C)C.COCC(=O)C(C)C. The minimum Gasteiger partial charge on any atom is -0.396 e. The molecule has 0 saturated heterocycles. The summed E-state index contributed by atoms with van der Waals surface area (Å²) in [5.41, 5.74) is 4.80. The number of aliphatic hydroxyl groups excluding tert-OH is 5. The van der Waals surface area contributed by atoms with E-state index in [1.807, 2.05) is 157 Å². The number of nitrogens with zero attached hydrogens (tertiary/aromatic N) is 3. The Labute approximate surface area is 703 Å². The summed E-state index contributed by atoms with van der Waals surface area (Å²) in [5, 5.41) is 42.6. The lowest BCUT2D eigenvalue weighted by molar-refractivity contribution is -0.182. The zero-order chi connectivity index (χ0) is 95.2.